The van der Waals surface area contributed by atoms with Crippen LogP contribution in [0.2, 0.25) is 0 Å². The Labute approximate surface area is 183 Å². The molecule has 150 valence electrons. The third kappa shape index (κ3) is 4.07. The maximum Gasteiger partial charge on any atom is 0.328 e. The first-order chi connectivity index (χ1) is 14.6. The van der Waals surface area contributed by atoms with Crippen molar-refractivity contribution in [3.05, 3.63) is 94.5 Å². The predicted octanol–water partition coefficient (Wildman–Crippen LogP) is 5.27. The van der Waals surface area contributed by atoms with Gasteiger partial charge in [-0.25, -0.2) is 4.79 Å². The highest BCUT2D eigenvalue weighted by molar-refractivity contribution is 9.10. The second-order valence-corrected chi connectivity index (χ2v) is 7.99. The van der Waals surface area contributed by atoms with Crippen LogP contribution in [0, 0.1) is 0 Å². The van der Waals surface area contributed by atoms with E-state index >= 15 is 0 Å². The maximum atomic E-state index is 13.4. The van der Waals surface area contributed by atoms with E-state index in [2.05, 4.69) is 27.3 Å². The summed E-state index contributed by atoms with van der Waals surface area (Å²) in [5.74, 6) is -0.777. The van der Waals surface area contributed by atoms with Gasteiger partial charge in [-0.05, 0) is 45.3 Å². The van der Waals surface area contributed by atoms with Gasteiger partial charge in [0.25, 0.3) is 5.91 Å². The quantitative estimate of drug-likeness (QED) is 0.325. The minimum absolute atomic E-state index is 0.298. The number of amides is 1. The number of halogens is 1. The van der Waals surface area contributed by atoms with Crippen LogP contribution in [0.5, 0.6) is 0 Å². The first-order valence-corrected chi connectivity index (χ1v) is 10.4. The summed E-state index contributed by atoms with van der Waals surface area (Å²) in [6, 6.07) is 24.5. The Kier molecular flexibility index (Phi) is 5.81. The number of hydrogen-bond donors (Lipinski definition) is 1. The van der Waals surface area contributed by atoms with Gasteiger partial charge < -0.3 is 10.1 Å². The Morgan fingerprint density at radius 1 is 0.900 bits per heavy atom. The third-order valence-electron chi connectivity index (χ3n) is 5.12. The van der Waals surface area contributed by atoms with Gasteiger partial charge in [-0.3, -0.25) is 4.79 Å². The van der Waals surface area contributed by atoms with E-state index in [1.165, 1.54) is 7.11 Å². The Bertz CT molecular complexity index is 1200. The number of methoxy groups -OCH3 is 1. The zero-order valence-corrected chi connectivity index (χ0v) is 18.0. The van der Waals surface area contributed by atoms with Gasteiger partial charge in [-0.15, -0.1) is 0 Å². The molecule has 4 aromatic rings. The van der Waals surface area contributed by atoms with Crippen molar-refractivity contribution in [2.45, 2.75) is 12.5 Å². The molecular formula is C25H20BrNO3. The van der Waals surface area contributed by atoms with Gasteiger partial charge in [0.1, 0.15) is 6.04 Å². The molecular weight excluding hydrogens is 442 g/mol. The summed E-state index contributed by atoms with van der Waals surface area (Å²) in [6.45, 7) is 0. The van der Waals surface area contributed by atoms with E-state index in [1.807, 2.05) is 72.8 Å². The van der Waals surface area contributed by atoms with Crippen LogP contribution in [0.4, 0.5) is 0 Å². The summed E-state index contributed by atoms with van der Waals surface area (Å²) in [5, 5.41) is 6.55. The highest BCUT2D eigenvalue weighted by Gasteiger charge is 2.24. The first-order valence-electron chi connectivity index (χ1n) is 9.60. The lowest BCUT2D eigenvalue weighted by Gasteiger charge is -2.18. The Morgan fingerprint density at radius 3 is 2.13 bits per heavy atom. The van der Waals surface area contributed by atoms with E-state index in [-0.39, 0.29) is 5.91 Å². The summed E-state index contributed by atoms with van der Waals surface area (Å²) < 4.78 is 5.87. The fourth-order valence-corrected chi connectivity index (χ4v) is 4.17. The molecule has 0 fully saturated rings. The molecule has 0 unspecified atom stereocenters. The van der Waals surface area contributed by atoms with E-state index < -0.39 is 12.0 Å². The molecule has 0 aliphatic carbocycles. The number of ether oxygens (including phenoxy) is 1. The largest absolute Gasteiger partial charge is 0.467 e. The van der Waals surface area contributed by atoms with Crippen LogP contribution in [0.15, 0.2) is 83.3 Å². The fraction of sp³-hybridized carbons (Fsp3) is 0.120. The van der Waals surface area contributed by atoms with Gasteiger partial charge >= 0.3 is 5.97 Å². The molecule has 4 nitrogen and oxygen atoms in total. The lowest BCUT2D eigenvalue weighted by molar-refractivity contribution is -0.142. The van der Waals surface area contributed by atoms with Crippen molar-refractivity contribution < 1.29 is 14.3 Å². The van der Waals surface area contributed by atoms with Crippen LogP contribution >= 0.6 is 15.9 Å². The summed E-state index contributed by atoms with van der Waals surface area (Å²) in [7, 11) is 1.33. The van der Waals surface area contributed by atoms with Gasteiger partial charge in [0.15, 0.2) is 0 Å². The van der Waals surface area contributed by atoms with Crippen LogP contribution < -0.4 is 5.32 Å². The van der Waals surface area contributed by atoms with Crippen LogP contribution in [-0.2, 0) is 16.0 Å². The molecule has 0 aromatic heterocycles. The number of fused-ring (bicyclic) bond motifs is 2. The maximum absolute atomic E-state index is 13.4. The van der Waals surface area contributed by atoms with Crippen molar-refractivity contribution in [1.82, 2.24) is 5.32 Å². The fourth-order valence-electron chi connectivity index (χ4n) is 3.72. The standard InChI is InChI=1S/C25H20BrNO3/c1-30-25(29)22(14-16-7-6-10-19(26)13-16)27-24(28)23-20-11-4-2-8-17(20)15-18-9-3-5-12-21(18)23/h2-13,15,22H,14H2,1H3,(H,27,28)/t22-/m0/s1. The SMILES string of the molecule is COC(=O)[C@H](Cc1cccc(Br)c1)NC(=O)c1c2ccccc2cc2ccccc12. The molecule has 0 saturated heterocycles. The highest BCUT2D eigenvalue weighted by Crippen LogP contribution is 2.28. The van der Waals surface area contributed by atoms with Crippen LogP contribution in [0.25, 0.3) is 21.5 Å². The van der Waals surface area contributed by atoms with Gasteiger partial charge in [0.2, 0.25) is 0 Å². The van der Waals surface area contributed by atoms with E-state index in [4.69, 9.17) is 4.74 Å². The smallest absolute Gasteiger partial charge is 0.328 e. The molecule has 4 aromatic carbocycles. The number of benzene rings is 4. The van der Waals surface area contributed by atoms with Crippen molar-refractivity contribution in [3.63, 3.8) is 0 Å². The van der Waals surface area contributed by atoms with Crippen molar-refractivity contribution in [2.24, 2.45) is 0 Å². The molecule has 0 heterocycles. The summed E-state index contributed by atoms with van der Waals surface area (Å²) in [6.07, 6.45) is 0.334. The van der Waals surface area contributed by atoms with Crippen LogP contribution in [0.3, 0.4) is 0 Å². The first kappa shape index (κ1) is 20.1. The minimum Gasteiger partial charge on any atom is -0.467 e. The number of nitrogens with one attached hydrogen (secondary N) is 1. The van der Waals surface area contributed by atoms with Crippen LogP contribution in [-0.4, -0.2) is 25.0 Å². The van der Waals surface area contributed by atoms with E-state index in [0.717, 1.165) is 31.6 Å². The molecule has 30 heavy (non-hydrogen) atoms. The van der Waals surface area contributed by atoms with Gasteiger partial charge in [0, 0.05) is 10.9 Å². The highest BCUT2D eigenvalue weighted by atomic mass is 79.9. The molecule has 0 bridgehead atoms. The normalized spacial score (nSPS) is 11.9. The lowest BCUT2D eigenvalue weighted by Crippen LogP contribution is -2.43. The van der Waals surface area contributed by atoms with Crippen LogP contribution in [0.1, 0.15) is 15.9 Å². The molecule has 1 atom stereocenters. The number of esters is 1. The second-order valence-electron chi connectivity index (χ2n) is 7.08. The third-order valence-corrected chi connectivity index (χ3v) is 5.61. The molecule has 1 amide bonds. The predicted molar refractivity (Wildman–Crippen MR) is 123 cm³/mol. The number of carbonyl (C=O) groups excluding carboxylic acids is 2. The number of hydrogen-bond acceptors (Lipinski definition) is 3. The Balaban J connectivity index is 1.75. The second kappa shape index (κ2) is 8.67. The number of rotatable bonds is 5. The van der Waals surface area contributed by atoms with E-state index in [1.54, 1.807) is 0 Å². The summed E-state index contributed by atoms with van der Waals surface area (Å²) in [4.78, 5) is 25.9. The summed E-state index contributed by atoms with van der Waals surface area (Å²) >= 11 is 3.44. The molecule has 0 spiro atoms. The van der Waals surface area contributed by atoms with E-state index in [0.29, 0.717) is 12.0 Å². The van der Waals surface area contributed by atoms with Crippen molar-refractivity contribution in [1.29, 1.82) is 0 Å². The molecule has 5 heteroatoms. The van der Waals surface area contributed by atoms with Gasteiger partial charge in [0.05, 0.1) is 12.7 Å². The average Bonchev–Trinajstić information content (AvgIpc) is 2.76. The number of carbonyl (C=O) groups is 2. The van der Waals surface area contributed by atoms with Crippen molar-refractivity contribution >= 4 is 49.4 Å². The zero-order valence-electron chi connectivity index (χ0n) is 16.4. The molecule has 0 aliphatic heterocycles. The molecule has 0 radical (unpaired) electrons. The monoisotopic (exact) mass is 461 g/mol. The Hall–Kier alpha value is -3.18. The van der Waals surface area contributed by atoms with Gasteiger partial charge in [-0.1, -0.05) is 76.6 Å². The van der Waals surface area contributed by atoms with Crippen molar-refractivity contribution in [2.75, 3.05) is 7.11 Å². The molecule has 0 saturated carbocycles. The Morgan fingerprint density at radius 2 is 1.53 bits per heavy atom. The lowest BCUT2D eigenvalue weighted by atomic mass is 9.96. The average molecular weight is 462 g/mol. The molecule has 1 N–H and O–H groups in total. The van der Waals surface area contributed by atoms with E-state index in [9.17, 15) is 9.59 Å². The topological polar surface area (TPSA) is 55.4 Å². The van der Waals surface area contributed by atoms with Crippen molar-refractivity contribution in [3.8, 4) is 0 Å². The molecule has 0 aliphatic rings. The zero-order chi connectivity index (χ0) is 21.1. The minimum atomic E-state index is -0.797. The summed E-state index contributed by atoms with van der Waals surface area (Å²) in [5.41, 5.74) is 1.48. The molecule has 4 rings (SSSR count). The van der Waals surface area contributed by atoms with Gasteiger partial charge in [-0.2, -0.15) is 0 Å².